The van der Waals surface area contributed by atoms with Crippen LogP contribution >= 0.6 is 0 Å². The quantitative estimate of drug-likeness (QED) is 0.816. The minimum absolute atomic E-state index is 0.0817. The molecule has 2 unspecified atom stereocenters. The third-order valence-electron chi connectivity index (χ3n) is 3.51. The van der Waals surface area contributed by atoms with E-state index < -0.39 is 0 Å². The number of hydrogen-bond acceptors (Lipinski definition) is 4. The second-order valence-corrected chi connectivity index (χ2v) is 4.85. The van der Waals surface area contributed by atoms with Crippen molar-refractivity contribution in [1.29, 1.82) is 0 Å². The van der Waals surface area contributed by atoms with Gasteiger partial charge in [-0.25, -0.2) is 4.98 Å². The number of ether oxygens (including phenoxy) is 1. The standard InChI is InChI=1S/C12H18N2O2/c1-12(2)9(6-10(12)15)14-11-5-4-8(16-3)7-13-11/h4-5,7,9-10,15H,6H2,1-3H3,(H,13,14). The Hall–Kier alpha value is -1.29. The molecule has 0 saturated heterocycles. The van der Waals surface area contributed by atoms with E-state index in [1.807, 2.05) is 12.1 Å². The zero-order valence-corrected chi connectivity index (χ0v) is 9.90. The summed E-state index contributed by atoms with van der Waals surface area (Å²) < 4.78 is 5.04. The Morgan fingerprint density at radius 3 is 2.69 bits per heavy atom. The number of rotatable bonds is 3. The van der Waals surface area contributed by atoms with E-state index in [4.69, 9.17) is 4.74 Å². The molecule has 1 aromatic rings. The van der Waals surface area contributed by atoms with Crippen molar-refractivity contribution in [3.63, 3.8) is 0 Å². The summed E-state index contributed by atoms with van der Waals surface area (Å²) in [6, 6.07) is 4.04. The van der Waals surface area contributed by atoms with Gasteiger partial charge >= 0.3 is 0 Å². The van der Waals surface area contributed by atoms with E-state index in [-0.39, 0.29) is 17.6 Å². The molecular weight excluding hydrogens is 204 g/mol. The van der Waals surface area contributed by atoms with Gasteiger partial charge in [-0.1, -0.05) is 13.8 Å². The summed E-state index contributed by atoms with van der Waals surface area (Å²) in [5.74, 6) is 1.57. The van der Waals surface area contributed by atoms with E-state index in [1.165, 1.54) is 0 Å². The summed E-state index contributed by atoms with van der Waals surface area (Å²) in [6.45, 7) is 4.12. The molecule has 4 nitrogen and oxygen atoms in total. The lowest BCUT2D eigenvalue weighted by molar-refractivity contribution is -0.0511. The van der Waals surface area contributed by atoms with E-state index in [0.29, 0.717) is 0 Å². The van der Waals surface area contributed by atoms with Crippen molar-refractivity contribution in [3.05, 3.63) is 18.3 Å². The molecule has 1 aliphatic carbocycles. The van der Waals surface area contributed by atoms with Crippen LogP contribution in [0.3, 0.4) is 0 Å². The number of anilines is 1. The fourth-order valence-corrected chi connectivity index (χ4v) is 1.91. The average molecular weight is 222 g/mol. The highest BCUT2D eigenvalue weighted by Crippen LogP contribution is 2.41. The summed E-state index contributed by atoms with van der Waals surface area (Å²) in [5, 5.41) is 12.9. The molecule has 2 rings (SSSR count). The van der Waals surface area contributed by atoms with Gasteiger partial charge in [0.2, 0.25) is 0 Å². The van der Waals surface area contributed by atoms with Crippen LogP contribution in [-0.2, 0) is 0 Å². The van der Waals surface area contributed by atoms with Crippen LogP contribution in [0.2, 0.25) is 0 Å². The number of pyridine rings is 1. The zero-order chi connectivity index (χ0) is 11.8. The minimum atomic E-state index is -0.219. The van der Waals surface area contributed by atoms with Gasteiger partial charge in [0.05, 0.1) is 19.4 Å². The molecule has 0 spiro atoms. The van der Waals surface area contributed by atoms with Crippen LogP contribution in [0.5, 0.6) is 5.75 Å². The van der Waals surface area contributed by atoms with Crippen LogP contribution in [0.4, 0.5) is 5.82 Å². The second-order valence-electron chi connectivity index (χ2n) is 4.85. The molecule has 0 bridgehead atoms. The van der Waals surface area contributed by atoms with Crippen molar-refractivity contribution in [1.82, 2.24) is 4.98 Å². The first-order chi connectivity index (χ1) is 7.54. The summed E-state index contributed by atoms with van der Waals surface area (Å²) in [5.41, 5.74) is -0.0817. The van der Waals surface area contributed by atoms with Crippen LogP contribution in [0, 0.1) is 5.41 Å². The van der Waals surface area contributed by atoms with Crippen molar-refractivity contribution < 1.29 is 9.84 Å². The van der Waals surface area contributed by atoms with Crippen molar-refractivity contribution in [2.45, 2.75) is 32.4 Å². The normalized spacial score (nSPS) is 27.0. The Bertz CT molecular complexity index is 362. The lowest BCUT2D eigenvalue weighted by atomic mass is 9.64. The largest absolute Gasteiger partial charge is 0.495 e. The van der Waals surface area contributed by atoms with Crippen molar-refractivity contribution in [3.8, 4) is 5.75 Å². The van der Waals surface area contributed by atoms with Crippen molar-refractivity contribution in [2.75, 3.05) is 12.4 Å². The number of nitrogens with one attached hydrogen (secondary N) is 1. The molecular formula is C12H18N2O2. The fraction of sp³-hybridized carbons (Fsp3) is 0.583. The van der Waals surface area contributed by atoms with Gasteiger partial charge in [0.25, 0.3) is 0 Å². The summed E-state index contributed by atoms with van der Waals surface area (Å²) in [4.78, 5) is 4.24. The Morgan fingerprint density at radius 1 is 1.50 bits per heavy atom. The molecule has 1 fully saturated rings. The first-order valence-corrected chi connectivity index (χ1v) is 5.48. The molecule has 0 aromatic carbocycles. The zero-order valence-electron chi connectivity index (χ0n) is 9.90. The lowest BCUT2D eigenvalue weighted by Gasteiger charge is -2.49. The molecule has 1 aromatic heterocycles. The van der Waals surface area contributed by atoms with Crippen LogP contribution < -0.4 is 10.1 Å². The molecule has 1 aliphatic rings. The molecule has 1 heterocycles. The average Bonchev–Trinajstić information content (AvgIpc) is 2.29. The first kappa shape index (κ1) is 11.2. The van der Waals surface area contributed by atoms with Gasteiger partial charge in [-0.05, 0) is 18.6 Å². The monoisotopic (exact) mass is 222 g/mol. The fourth-order valence-electron chi connectivity index (χ4n) is 1.91. The van der Waals surface area contributed by atoms with E-state index >= 15 is 0 Å². The Kier molecular flexibility index (Phi) is 2.76. The third kappa shape index (κ3) is 1.85. The third-order valence-corrected chi connectivity index (χ3v) is 3.51. The maximum atomic E-state index is 9.63. The molecule has 4 heteroatoms. The Labute approximate surface area is 95.7 Å². The number of hydrogen-bond donors (Lipinski definition) is 2. The van der Waals surface area contributed by atoms with E-state index in [1.54, 1.807) is 13.3 Å². The smallest absolute Gasteiger partial charge is 0.137 e. The SMILES string of the molecule is COc1ccc(NC2CC(O)C2(C)C)nc1. The molecule has 2 atom stereocenters. The van der Waals surface area contributed by atoms with Gasteiger partial charge in [-0.3, -0.25) is 0 Å². The summed E-state index contributed by atoms with van der Waals surface area (Å²) in [6.07, 6.45) is 2.24. The number of nitrogens with zero attached hydrogens (tertiary/aromatic N) is 1. The minimum Gasteiger partial charge on any atom is -0.495 e. The van der Waals surface area contributed by atoms with Crippen molar-refractivity contribution in [2.24, 2.45) is 5.41 Å². The molecule has 16 heavy (non-hydrogen) atoms. The maximum Gasteiger partial charge on any atom is 0.137 e. The van der Waals surface area contributed by atoms with E-state index in [2.05, 4.69) is 24.1 Å². The van der Waals surface area contributed by atoms with E-state index in [9.17, 15) is 5.11 Å². The number of aromatic nitrogens is 1. The molecule has 0 amide bonds. The van der Waals surface area contributed by atoms with Crippen molar-refractivity contribution >= 4 is 5.82 Å². The first-order valence-electron chi connectivity index (χ1n) is 5.48. The van der Waals surface area contributed by atoms with Crippen LogP contribution in [-0.4, -0.2) is 29.3 Å². The number of methoxy groups -OCH3 is 1. The van der Waals surface area contributed by atoms with Gasteiger partial charge in [0.1, 0.15) is 11.6 Å². The Morgan fingerprint density at radius 2 is 2.25 bits per heavy atom. The lowest BCUT2D eigenvalue weighted by Crippen LogP contribution is -2.57. The highest BCUT2D eigenvalue weighted by Gasteiger charge is 2.47. The topological polar surface area (TPSA) is 54.4 Å². The highest BCUT2D eigenvalue weighted by molar-refractivity contribution is 5.40. The number of aliphatic hydroxyl groups is 1. The summed E-state index contributed by atoms with van der Waals surface area (Å²) in [7, 11) is 1.62. The van der Waals surface area contributed by atoms with Crippen LogP contribution in [0.25, 0.3) is 0 Å². The maximum absolute atomic E-state index is 9.63. The molecule has 0 aliphatic heterocycles. The molecule has 2 N–H and O–H groups in total. The van der Waals surface area contributed by atoms with Gasteiger partial charge in [-0.15, -0.1) is 0 Å². The van der Waals surface area contributed by atoms with Gasteiger partial charge in [0, 0.05) is 11.5 Å². The van der Waals surface area contributed by atoms with Gasteiger partial charge < -0.3 is 15.2 Å². The second kappa shape index (κ2) is 3.94. The molecule has 1 saturated carbocycles. The van der Waals surface area contributed by atoms with Crippen LogP contribution in [0.1, 0.15) is 20.3 Å². The predicted octanol–water partition coefficient (Wildman–Crippen LogP) is 1.66. The van der Waals surface area contributed by atoms with E-state index in [0.717, 1.165) is 18.0 Å². The number of aliphatic hydroxyl groups excluding tert-OH is 1. The molecule has 0 radical (unpaired) electrons. The highest BCUT2D eigenvalue weighted by atomic mass is 16.5. The Balaban J connectivity index is 2.00. The van der Waals surface area contributed by atoms with Gasteiger partial charge in [0.15, 0.2) is 0 Å². The van der Waals surface area contributed by atoms with Gasteiger partial charge in [-0.2, -0.15) is 0 Å². The van der Waals surface area contributed by atoms with Crippen LogP contribution in [0.15, 0.2) is 18.3 Å². The predicted molar refractivity (Wildman–Crippen MR) is 62.6 cm³/mol. The summed E-state index contributed by atoms with van der Waals surface area (Å²) >= 11 is 0. The molecule has 88 valence electrons.